The van der Waals surface area contributed by atoms with Crippen LogP contribution in [0.15, 0.2) is 23.4 Å². The second kappa shape index (κ2) is 7.60. The van der Waals surface area contributed by atoms with E-state index in [0.717, 1.165) is 23.1 Å². The quantitative estimate of drug-likeness (QED) is 0.765. The molecule has 1 fully saturated rings. The minimum Gasteiger partial charge on any atom is -0.326 e. The van der Waals surface area contributed by atoms with E-state index in [1.54, 1.807) is 11.8 Å². The number of nitrogens with zero attached hydrogens (tertiary/aromatic N) is 2. The minimum absolute atomic E-state index is 0.0528. The predicted octanol–water partition coefficient (Wildman–Crippen LogP) is 4.07. The van der Waals surface area contributed by atoms with Crippen molar-refractivity contribution in [3.8, 4) is 0 Å². The van der Waals surface area contributed by atoms with Gasteiger partial charge >= 0.3 is 0 Å². The zero-order chi connectivity index (χ0) is 17.1. The molecule has 1 saturated carbocycles. The maximum atomic E-state index is 12.1. The van der Waals surface area contributed by atoms with Crippen molar-refractivity contribution in [1.82, 2.24) is 15.2 Å². The van der Waals surface area contributed by atoms with Gasteiger partial charge in [0.05, 0.1) is 0 Å². The largest absolute Gasteiger partial charge is 0.326 e. The average molecular weight is 356 g/mol. The van der Waals surface area contributed by atoms with Crippen LogP contribution in [0.2, 0.25) is 0 Å². The van der Waals surface area contributed by atoms with Gasteiger partial charge in [-0.05, 0) is 55.4 Å². The standard InChI is InChI=1S/C19H24N4OS/c24-17(20-16-9-8-13-6-3-7-15(13)12-16)10-11-25-19-21-18(22-23-19)14-4-1-2-5-14/h8-9,12,14H,1-7,10-11H2,(H,20,24)(H,21,22,23). The van der Waals surface area contributed by atoms with Gasteiger partial charge in [0.15, 0.2) is 0 Å². The fourth-order valence-electron chi connectivity index (χ4n) is 3.81. The molecule has 0 aliphatic heterocycles. The van der Waals surface area contributed by atoms with Gasteiger partial charge in [0, 0.05) is 23.8 Å². The predicted molar refractivity (Wildman–Crippen MR) is 100 cm³/mol. The van der Waals surface area contributed by atoms with E-state index < -0.39 is 0 Å². The number of fused-ring (bicyclic) bond motifs is 1. The van der Waals surface area contributed by atoms with Crippen molar-refractivity contribution in [1.29, 1.82) is 0 Å². The van der Waals surface area contributed by atoms with Crippen molar-refractivity contribution in [2.75, 3.05) is 11.1 Å². The molecule has 0 bridgehead atoms. The lowest BCUT2D eigenvalue weighted by Crippen LogP contribution is -2.12. The molecule has 1 amide bonds. The fraction of sp³-hybridized carbons (Fsp3) is 0.526. The third kappa shape index (κ3) is 4.06. The van der Waals surface area contributed by atoms with Gasteiger partial charge in [0.2, 0.25) is 11.1 Å². The molecule has 2 aliphatic rings. The highest BCUT2D eigenvalue weighted by Gasteiger charge is 2.20. The number of amides is 1. The van der Waals surface area contributed by atoms with Gasteiger partial charge in [0.1, 0.15) is 5.82 Å². The highest BCUT2D eigenvalue weighted by atomic mass is 32.2. The SMILES string of the molecule is O=C(CCSc1n[nH]c(C2CCCC2)n1)Nc1ccc2c(c1)CCC2. The number of benzene rings is 1. The molecule has 0 unspecified atom stereocenters. The molecule has 0 atom stereocenters. The van der Waals surface area contributed by atoms with Crippen molar-refractivity contribution in [2.45, 2.75) is 62.4 Å². The molecule has 0 saturated heterocycles. The Hall–Kier alpha value is -1.82. The fourth-order valence-corrected chi connectivity index (χ4v) is 4.56. The van der Waals surface area contributed by atoms with Crippen LogP contribution in [0, 0.1) is 0 Å². The van der Waals surface area contributed by atoms with Crippen LogP contribution < -0.4 is 5.32 Å². The summed E-state index contributed by atoms with van der Waals surface area (Å²) in [7, 11) is 0. The number of thioether (sulfide) groups is 1. The summed E-state index contributed by atoms with van der Waals surface area (Å²) < 4.78 is 0. The van der Waals surface area contributed by atoms with Crippen LogP contribution >= 0.6 is 11.8 Å². The van der Waals surface area contributed by atoms with Crippen molar-refractivity contribution < 1.29 is 4.79 Å². The van der Waals surface area contributed by atoms with E-state index >= 15 is 0 Å². The molecule has 1 heterocycles. The second-order valence-electron chi connectivity index (χ2n) is 6.97. The maximum Gasteiger partial charge on any atom is 0.225 e. The Morgan fingerprint density at radius 1 is 1.20 bits per heavy atom. The number of anilines is 1. The first kappa shape index (κ1) is 16.6. The van der Waals surface area contributed by atoms with Gasteiger partial charge in [-0.2, -0.15) is 0 Å². The van der Waals surface area contributed by atoms with Crippen molar-refractivity contribution in [3.05, 3.63) is 35.2 Å². The van der Waals surface area contributed by atoms with Crippen LogP contribution in [-0.4, -0.2) is 26.8 Å². The van der Waals surface area contributed by atoms with Crippen LogP contribution in [0.3, 0.4) is 0 Å². The molecule has 5 nitrogen and oxygen atoms in total. The number of H-pyrrole nitrogens is 1. The summed E-state index contributed by atoms with van der Waals surface area (Å²) >= 11 is 1.54. The van der Waals surface area contributed by atoms with Gasteiger partial charge in [-0.15, -0.1) is 5.10 Å². The monoisotopic (exact) mass is 356 g/mol. The summed E-state index contributed by atoms with van der Waals surface area (Å²) in [5.74, 6) is 2.31. The number of rotatable bonds is 6. The number of hydrogen-bond donors (Lipinski definition) is 2. The van der Waals surface area contributed by atoms with Crippen LogP contribution in [0.5, 0.6) is 0 Å². The number of carbonyl (C=O) groups is 1. The Balaban J connectivity index is 1.23. The highest BCUT2D eigenvalue weighted by Crippen LogP contribution is 2.32. The number of aromatic amines is 1. The molecule has 1 aromatic heterocycles. The molecule has 4 rings (SSSR count). The number of hydrogen-bond acceptors (Lipinski definition) is 4. The number of aromatic nitrogens is 3. The lowest BCUT2D eigenvalue weighted by molar-refractivity contribution is -0.115. The van der Waals surface area contributed by atoms with Crippen molar-refractivity contribution in [2.24, 2.45) is 0 Å². The molecular formula is C19H24N4OS. The van der Waals surface area contributed by atoms with Gasteiger partial charge in [-0.1, -0.05) is 30.7 Å². The number of carbonyl (C=O) groups excluding carboxylic acids is 1. The minimum atomic E-state index is 0.0528. The molecular weight excluding hydrogens is 332 g/mol. The average Bonchev–Trinajstić information content (AvgIpc) is 3.35. The van der Waals surface area contributed by atoms with E-state index in [0.29, 0.717) is 18.1 Å². The zero-order valence-electron chi connectivity index (χ0n) is 14.4. The summed E-state index contributed by atoms with van der Waals surface area (Å²) in [6, 6.07) is 6.28. The van der Waals surface area contributed by atoms with Crippen molar-refractivity contribution >= 4 is 23.4 Å². The Morgan fingerprint density at radius 2 is 2.04 bits per heavy atom. The Bertz CT molecular complexity index is 752. The van der Waals surface area contributed by atoms with Crippen LogP contribution in [-0.2, 0) is 17.6 Å². The van der Waals surface area contributed by atoms with Crippen LogP contribution in [0.4, 0.5) is 5.69 Å². The molecule has 132 valence electrons. The first-order chi connectivity index (χ1) is 12.3. The third-order valence-electron chi connectivity index (χ3n) is 5.17. The van der Waals surface area contributed by atoms with E-state index in [2.05, 4.69) is 32.6 Å². The smallest absolute Gasteiger partial charge is 0.225 e. The van der Waals surface area contributed by atoms with Crippen LogP contribution in [0.25, 0.3) is 0 Å². The molecule has 2 aliphatic carbocycles. The molecule has 25 heavy (non-hydrogen) atoms. The van der Waals surface area contributed by atoms with E-state index in [1.165, 1.54) is 49.7 Å². The zero-order valence-corrected chi connectivity index (χ0v) is 15.2. The molecule has 2 N–H and O–H groups in total. The van der Waals surface area contributed by atoms with Gasteiger partial charge < -0.3 is 5.32 Å². The molecule has 0 spiro atoms. The lowest BCUT2D eigenvalue weighted by Gasteiger charge is -2.07. The van der Waals surface area contributed by atoms with E-state index in [4.69, 9.17) is 0 Å². The first-order valence-corrected chi connectivity index (χ1v) is 10.2. The molecule has 1 aromatic carbocycles. The molecule has 0 radical (unpaired) electrons. The maximum absolute atomic E-state index is 12.1. The topological polar surface area (TPSA) is 70.7 Å². The first-order valence-electron chi connectivity index (χ1n) is 9.25. The van der Waals surface area contributed by atoms with E-state index in [-0.39, 0.29) is 5.91 Å². The van der Waals surface area contributed by atoms with Crippen LogP contribution in [0.1, 0.15) is 61.4 Å². The number of nitrogens with one attached hydrogen (secondary N) is 2. The Kier molecular flexibility index (Phi) is 5.06. The van der Waals surface area contributed by atoms with Gasteiger partial charge in [-0.3, -0.25) is 9.89 Å². The summed E-state index contributed by atoms with van der Waals surface area (Å²) in [5, 5.41) is 11.1. The van der Waals surface area contributed by atoms with E-state index in [1.807, 2.05) is 6.07 Å². The Morgan fingerprint density at radius 3 is 2.92 bits per heavy atom. The van der Waals surface area contributed by atoms with Gasteiger partial charge in [-0.25, -0.2) is 4.98 Å². The van der Waals surface area contributed by atoms with Gasteiger partial charge in [0.25, 0.3) is 0 Å². The summed E-state index contributed by atoms with van der Waals surface area (Å²) in [6.45, 7) is 0. The summed E-state index contributed by atoms with van der Waals surface area (Å²) in [4.78, 5) is 16.7. The highest BCUT2D eigenvalue weighted by molar-refractivity contribution is 7.99. The summed E-state index contributed by atoms with van der Waals surface area (Å²) in [5.41, 5.74) is 3.72. The number of aryl methyl sites for hydroxylation is 2. The normalized spacial score (nSPS) is 17.0. The molecule has 2 aromatic rings. The molecule has 6 heteroatoms. The Labute approximate surface area is 152 Å². The van der Waals surface area contributed by atoms with Crippen molar-refractivity contribution in [3.63, 3.8) is 0 Å². The summed E-state index contributed by atoms with van der Waals surface area (Å²) in [6.07, 6.45) is 8.99. The lowest BCUT2D eigenvalue weighted by atomic mass is 10.1. The van der Waals surface area contributed by atoms with E-state index in [9.17, 15) is 4.79 Å². The third-order valence-corrected chi connectivity index (χ3v) is 6.02. The second-order valence-corrected chi connectivity index (χ2v) is 8.03.